The molecule has 0 aliphatic heterocycles. The van der Waals surface area contributed by atoms with E-state index < -0.39 is 6.10 Å². The quantitative estimate of drug-likeness (QED) is 0.684. The van der Waals surface area contributed by atoms with Crippen LogP contribution in [0.2, 0.25) is 0 Å². The number of ether oxygens (including phenoxy) is 1. The Morgan fingerprint density at radius 3 is 2.36 bits per heavy atom. The molecular formula is C22H29NO2. The third-order valence-corrected chi connectivity index (χ3v) is 4.25. The predicted molar refractivity (Wildman–Crippen MR) is 104 cm³/mol. The summed E-state index contributed by atoms with van der Waals surface area (Å²) in [4.78, 5) is 12.4. The Balaban J connectivity index is 1.96. The van der Waals surface area contributed by atoms with Crippen LogP contribution >= 0.6 is 0 Å². The van der Waals surface area contributed by atoms with Gasteiger partial charge in [0, 0.05) is 5.69 Å². The summed E-state index contributed by atoms with van der Waals surface area (Å²) in [5.41, 5.74) is 3.22. The van der Waals surface area contributed by atoms with E-state index in [-0.39, 0.29) is 5.91 Å². The average molecular weight is 339 g/mol. The molecule has 2 aromatic carbocycles. The van der Waals surface area contributed by atoms with Gasteiger partial charge < -0.3 is 10.1 Å². The number of rotatable bonds is 8. The lowest BCUT2D eigenvalue weighted by Crippen LogP contribution is -2.30. The van der Waals surface area contributed by atoms with E-state index in [1.807, 2.05) is 36.4 Å². The smallest absolute Gasteiger partial charge is 0.265 e. The van der Waals surface area contributed by atoms with Crippen molar-refractivity contribution in [3.8, 4) is 5.75 Å². The van der Waals surface area contributed by atoms with Crippen molar-refractivity contribution < 1.29 is 9.53 Å². The van der Waals surface area contributed by atoms with Gasteiger partial charge in [0.15, 0.2) is 6.10 Å². The molecule has 0 spiro atoms. The first kappa shape index (κ1) is 19.0. The zero-order valence-corrected chi connectivity index (χ0v) is 15.7. The molecule has 0 aliphatic rings. The van der Waals surface area contributed by atoms with Crippen LogP contribution in [0.15, 0.2) is 48.5 Å². The van der Waals surface area contributed by atoms with Crippen molar-refractivity contribution in [2.45, 2.75) is 59.0 Å². The number of nitrogens with one attached hydrogen (secondary N) is 1. The molecule has 25 heavy (non-hydrogen) atoms. The highest BCUT2D eigenvalue weighted by molar-refractivity contribution is 5.94. The van der Waals surface area contributed by atoms with E-state index in [2.05, 4.69) is 38.2 Å². The van der Waals surface area contributed by atoms with Gasteiger partial charge in [0.25, 0.3) is 5.91 Å². The van der Waals surface area contributed by atoms with Gasteiger partial charge in [0.2, 0.25) is 0 Å². The lowest BCUT2D eigenvalue weighted by molar-refractivity contribution is -0.122. The van der Waals surface area contributed by atoms with Crippen molar-refractivity contribution in [3.05, 3.63) is 59.7 Å². The average Bonchev–Trinajstić information content (AvgIpc) is 2.61. The third-order valence-electron chi connectivity index (χ3n) is 4.25. The summed E-state index contributed by atoms with van der Waals surface area (Å²) in [7, 11) is 0. The first-order chi connectivity index (χ1) is 12.0. The minimum atomic E-state index is -0.556. The molecular weight excluding hydrogens is 310 g/mol. The van der Waals surface area contributed by atoms with E-state index >= 15 is 0 Å². The fourth-order valence-electron chi connectivity index (χ4n) is 2.69. The molecule has 3 heteroatoms. The van der Waals surface area contributed by atoms with E-state index in [1.54, 1.807) is 6.92 Å². The Kier molecular flexibility index (Phi) is 7.05. The molecule has 134 valence electrons. The van der Waals surface area contributed by atoms with Crippen LogP contribution in [0, 0.1) is 0 Å². The molecule has 0 heterocycles. The maximum Gasteiger partial charge on any atom is 0.265 e. The minimum absolute atomic E-state index is 0.139. The highest BCUT2D eigenvalue weighted by atomic mass is 16.5. The Morgan fingerprint density at radius 1 is 1.04 bits per heavy atom. The number of carbonyl (C=O) groups excluding carboxylic acids is 1. The molecule has 3 nitrogen and oxygen atoms in total. The number of amides is 1. The first-order valence-corrected chi connectivity index (χ1v) is 9.16. The lowest BCUT2D eigenvalue weighted by Gasteiger charge is -2.18. The number of anilines is 1. The molecule has 2 aromatic rings. The van der Waals surface area contributed by atoms with Crippen LogP contribution in [0.5, 0.6) is 5.75 Å². The van der Waals surface area contributed by atoms with E-state index in [0.717, 1.165) is 23.4 Å². The van der Waals surface area contributed by atoms with Crippen molar-refractivity contribution >= 4 is 11.6 Å². The molecule has 1 amide bonds. The summed E-state index contributed by atoms with van der Waals surface area (Å²) in [5.74, 6) is 0.983. The number of hydrogen-bond donors (Lipinski definition) is 1. The number of para-hydroxylation sites is 1. The van der Waals surface area contributed by atoms with Crippen molar-refractivity contribution in [2.24, 2.45) is 0 Å². The molecule has 2 rings (SSSR count). The fourth-order valence-corrected chi connectivity index (χ4v) is 2.69. The maximum absolute atomic E-state index is 12.4. The Morgan fingerprint density at radius 2 is 1.72 bits per heavy atom. The van der Waals surface area contributed by atoms with Gasteiger partial charge in [-0.1, -0.05) is 57.5 Å². The van der Waals surface area contributed by atoms with Gasteiger partial charge in [0.05, 0.1) is 0 Å². The topological polar surface area (TPSA) is 38.3 Å². The summed E-state index contributed by atoms with van der Waals surface area (Å²) in [6.45, 7) is 8.20. The van der Waals surface area contributed by atoms with Crippen LogP contribution in [-0.2, 0) is 11.2 Å². The van der Waals surface area contributed by atoms with Gasteiger partial charge in [-0.2, -0.15) is 0 Å². The molecule has 0 aliphatic carbocycles. The van der Waals surface area contributed by atoms with E-state index in [1.165, 1.54) is 18.4 Å². The standard InChI is InChI=1S/C22H29NO2/c1-5-6-9-18-12-14-19(15-13-18)23-22(24)17(4)25-21-11-8-7-10-20(21)16(2)3/h7-8,10-17H,5-6,9H2,1-4H3,(H,23,24)/t17-/m1/s1. The van der Waals surface area contributed by atoms with Crippen molar-refractivity contribution in [1.82, 2.24) is 0 Å². The number of carbonyl (C=O) groups is 1. The maximum atomic E-state index is 12.4. The zero-order valence-electron chi connectivity index (χ0n) is 15.7. The van der Waals surface area contributed by atoms with Crippen LogP contribution in [0.3, 0.4) is 0 Å². The largest absolute Gasteiger partial charge is 0.481 e. The summed E-state index contributed by atoms with van der Waals surface area (Å²) < 4.78 is 5.91. The van der Waals surface area contributed by atoms with Gasteiger partial charge in [-0.3, -0.25) is 4.79 Å². The van der Waals surface area contributed by atoms with Crippen molar-refractivity contribution in [1.29, 1.82) is 0 Å². The third kappa shape index (κ3) is 5.63. The molecule has 0 radical (unpaired) electrons. The minimum Gasteiger partial charge on any atom is -0.481 e. The first-order valence-electron chi connectivity index (χ1n) is 9.16. The second kappa shape index (κ2) is 9.26. The zero-order chi connectivity index (χ0) is 18.2. The number of unbranched alkanes of at least 4 members (excludes halogenated alkanes) is 1. The van der Waals surface area contributed by atoms with E-state index in [0.29, 0.717) is 5.92 Å². The highest BCUT2D eigenvalue weighted by Gasteiger charge is 2.17. The van der Waals surface area contributed by atoms with Gasteiger partial charge in [-0.05, 0) is 55.0 Å². The SMILES string of the molecule is CCCCc1ccc(NC(=O)[C@@H](C)Oc2ccccc2C(C)C)cc1. The summed E-state index contributed by atoms with van der Waals surface area (Å²) in [5, 5.41) is 2.93. The highest BCUT2D eigenvalue weighted by Crippen LogP contribution is 2.26. The normalized spacial score (nSPS) is 12.0. The second-order valence-corrected chi connectivity index (χ2v) is 6.74. The summed E-state index contributed by atoms with van der Waals surface area (Å²) in [6, 6.07) is 15.9. The number of aryl methyl sites for hydroxylation is 1. The Labute approximate surface area is 151 Å². The molecule has 0 saturated heterocycles. The molecule has 1 atom stereocenters. The predicted octanol–water partition coefficient (Wildman–Crippen LogP) is 5.56. The fraction of sp³-hybridized carbons (Fsp3) is 0.409. The Bertz CT molecular complexity index is 677. The van der Waals surface area contributed by atoms with Gasteiger partial charge >= 0.3 is 0 Å². The van der Waals surface area contributed by atoms with Crippen LogP contribution in [0.4, 0.5) is 5.69 Å². The van der Waals surface area contributed by atoms with Crippen LogP contribution in [0.1, 0.15) is 57.6 Å². The number of benzene rings is 2. The van der Waals surface area contributed by atoms with Crippen LogP contribution in [0.25, 0.3) is 0 Å². The lowest BCUT2D eigenvalue weighted by atomic mass is 10.0. The van der Waals surface area contributed by atoms with Crippen molar-refractivity contribution in [3.63, 3.8) is 0 Å². The van der Waals surface area contributed by atoms with E-state index in [4.69, 9.17) is 4.74 Å². The summed E-state index contributed by atoms with van der Waals surface area (Å²) >= 11 is 0. The molecule has 0 fully saturated rings. The molecule has 1 N–H and O–H groups in total. The monoisotopic (exact) mass is 339 g/mol. The molecule has 0 unspecified atom stereocenters. The van der Waals surface area contributed by atoms with Crippen LogP contribution in [-0.4, -0.2) is 12.0 Å². The summed E-state index contributed by atoms with van der Waals surface area (Å²) in [6.07, 6.45) is 2.90. The molecule has 0 aromatic heterocycles. The van der Waals surface area contributed by atoms with E-state index in [9.17, 15) is 4.79 Å². The van der Waals surface area contributed by atoms with Crippen LogP contribution < -0.4 is 10.1 Å². The Hall–Kier alpha value is -2.29. The number of hydrogen-bond acceptors (Lipinski definition) is 2. The molecule has 0 saturated carbocycles. The molecule has 0 bridgehead atoms. The van der Waals surface area contributed by atoms with Gasteiger partial charge in [-0.25, -0.2) is 0 Å². The van der Waals surface area contributed by atoms with Crippen molar-refractivity contribution in [2.75, 3.05) is 5.32 Å². The van der Waals surface area contributed by atoms with Gasteiger partial charge in [-0.15, -0.1) is 0 Å². The second-order valence-electron chi connectivity index (χ2n) is 6.74. The van der Waals surface area contributed by atoms with Gasteiger partial charge in [0.1, 0.15) is 5.75 Å².